The van der Waals surface area contributed by atoms with Gasteiger partial charge in [-0.2, -0.15) is 0 Å². The van der Waals surface area contributed by atoms with E-state index in [4.69, 9.17) is 11.6 Å². The fourth-order valence-electron chi connectivity index (χ4n) is 4.71. The van der Waals surface area contributed by atoms with Crippen LogP contribution in [0.15, 0.2) is 41.3 Å². The molecule has 1 fully saturated rings. The first-order valence-corrected chi connectivity index (χ1v) is 13.7. The summed E-state index contributed by atoms with van der Waals surface area (Å²) in [6.07, 6.45) is 2.34. The number of piperidine rings is 1. The van der Waals surface area contributed by atoms with Crippen molar-refractivity contribution in [3.63, 3.8) is 0 Å². The van der Waals surface area contributed by atoms with Gasteiger partial charge in [-0.05, 0) is 87.5 Å². The SMILES string of the molecule is Cc1cc(S(=O)(=O)[C@]2(CC(=O)NCCC3CCNCC3)Nc3ccccc3NC2=O)c(C)cc1Cl. The molecule has 0 bridgehead atoms. The van der Waals surface area contributed by atoms with Crippen LogP contribution in [0.25, 0.3) is 0 Å². The van der Waals surface area contributed by atoms with E-state index in [-0.39, 0.29) is 4.90 Å². The number of rotatable bonds is 7. The minimum atomic E-state index is -4.38. The third-order valence-electron chi connectivity index (χ3n) is 6.83. The van der Waals surface area contributed by atoms with Crippen LogP contribution in [0.2, 0.25) is 5.02 Å². The van der Waals surface area contributed by atoms with Gasteiger partial charge >= 0.3 is 0 Å². The Morgan fingerprint density at radius 3 is 2.51 bits per heavy atom. The molecular formula is C25H31ClN4O4S. The Morgan fingerprint density at radius 1 is 1.11 bits per heavy atom. The molecule has 2 aromatic carbocycles. The number of hydrogen-bond donors (Lipinski definition) is 4. The summed E-state index contributed by atoms with van der Waals surface area (Å²) < 4.78 is 28.2. The van der Waals surface area contributed by atoms with Crippen molar-refractivity contribution in [3.8, 4) is 0 Å². The monoisotopic (exact) mass is 518 g/mol. The molecule has 2 aliphatic rings. The first-order chi connectivity index (χ1) is 16.6. The molecule has 2 amide bonds. The van der Waals surface area contributed by atoms with Gasteiger partial charge in [-0.1, -0.05) is 23.7 Å². The smallest absolute Gasteiger partial charge is 0.266 e. The van der Waals surface area contributed by atoms with Gasteiger partial charge in [0.15, 0.2) is 0 Å². The topological polar surface area (TPSA) is 116 Å². The highest BCUT2D eigenvalue weighted by molar-refractivity contribution is 7.93. The van der Waals surface area contributed by atoms with E-state index in [1.807, 2.05) is 0 Å². The lowest BCUT2D eigenvalue weighted by atomic mass is 9.95. The number of aryl methyl sites for hydroxylation is 2. The third-order valence-corrected chi connectivity index (χ3v) is 9.60. The largest absolute Gasteiger partial charge is 0.357 e. The van der Waals surface area contributed by atoms with E-state index in [1.54, 1.807) is 44.2 Å². The van der Waals surface area contributed by atoms with Gasteiger partial charge in [0.1, 0.15) is 0 Å². The molecule has 8 nitrogen and oxygen atoms in total. The molecule has 0 aromatic heterocycles. The average Bonchev–Trinajstić information content (AvgIpc) is 2.82. The van der Waals surface area contributed by atoms with Gasteiger partial charge in [0.25, 0.3) is 5.91 Å². The van der Waals surface area contributed by atoms with Crippen molar-refractivity contribution in [3.05, 3.63) is 52.5 Å². The molecule has 4 N–H and O–H groups in total. The number of carbonyl (C=O) groups excluding carboxylic acids is 2. The summed E-state index contributed by atoms with van der Waals surface area (Å²) in [6, 6.07) is 9.84. The molecule has 2 aromatic rings. The number of anilines is 2. The van der Waals surface area contributed by atoms with Crippen LogP contribution in [0.5, 0.6) is 0 Å². The number of hydrogen-bond acceptors (Lipinski definition) is 6. The van der Waals surface area contributed by atoms with Crippen LogP contribution >= 0.6 is 11.6 Å². The minimum absolute atomic E-state index is 0.0380. The summed E-state index contributed by atoms with van der Waals surface area (Å²) in [5.41, 5.74) is 1.86. The number of fused-ring (bicyclic) bond motifs is 1. The molecule has 0 aliphatic carbocycles. The number of halogens is 1. The van der Waals surface area contributed by atoms with E-state index < -0.39 is 32.9 Å². The fraction of sp³-hybridized carbons (Fsp3) is 0.440. The Labute approximate surface area is 211 Å². The Kier molecular flexibility index (Phi) is 7.40. The van der Waals surface area contributed by atoms with Crippen molar-refractivity contribution in [1.82, 2.24) is 10.6 Å². The maximum Gasteiger partial charge on any atom is 0.266 e. The van der Waals surface area contributed by atoms with Gasteiger partial charge < -0.3 is 21.3 Å². The van der Waals surface area contributed by atoms with Gasteiger partial charge in [-0.25, -0.2) is 8.42 Å². The predicted octanol–water partition coefficient (Wildman–Crippen LogP) is 3.39. The molecule has 1 saturated heterocycles. The summed E-state index contributed by atoms with van der Waals surface area (Å²) in [7, 11) is -4.38. The first-order valence-electron chi connectivity index (χ1n) is 11.8. The molecule has 0 unspecified atom stereocenters. The Balaban J connectivity index is 1.66. The van der Waals surface area contributed by atoms with Crippen molar-refractivity contribution >= 4 is 44.6 Å². The fourth-order valence-corrected chi connectivity index (χ4v) is 6.98. The molecule has 2 heterocycles. The van der Waals surface area contributed by atoms with Crippen LogP contribution in [0.4, 0.5) is 11.4 Å². The van der Waals surface area contributed by atoms with Crippen LogP contribution in [-0.4, -0.2) is 44.7 Å². The molecule has 1 atom stereocenters. The van der Waals surface area contributed by atoms with Gasteiger partial charge in [0.2, 0.25) is 20.6 Å². The van der Waals surface area contributed by atoms with Gasteiger partial charge in [0.05, 0.1) is 22.7 Å². The molecule has 4 rings (SSSR count). The van der Waals surface area contributed by atoms with Crippen LogP contribution in [0, 0.1) is 19.8 Å². The Bertz CT molecular complexity index is 1240. The number of carbonyl (C=O) groups is 2. The van der Waals surface area contributed by atoms with Crippen molar-refractivity contribution in [2.45, 2.75) is 49.3 Å². The second-order valence-corrected chi connectivity index (χ2v) is 11.9. The number of benzene rings is 2. The number of sulfone groups is 1. The van der Waals surface area contributed by atoms with Gasteiger partial charge in [-0.3, -0.25) is 9.59 Å². The zero-order valence-corrected chi connectivity index (χ0v) is 21.5. The number of nitrogens with one attached hydrogen (secondary N) is 4. The van der Waals surface area contributed by atoms with E-state index in [1.165, 1.54) is 6.07 Å². The maximum absolute atomic E-state index is 14.1. The maximum atomic E-state index is 14.1. The predicted molar refractivity (Wildman–Crippen MR) is 137 cm³/mol. The molecule has 10 heteroatoms. The molecular weight excluding hydrogens is 488 g/mol. The molecule has 35 heavy (non-hydrogen) atoms. The molecule has 2 aliphatic heterocycles. The van der Waals surface area contributed by atoms with Crippen LogP contribution in [-0.2, 0) is 19.4 Å². The zero-order valence-electron chi connectivity index (χ0n) is 19.9. The second-order valence-electron chi connectivity index (χ2n) is 9.33. The Hall–Kier alpha value is -2.62. The van der Waals surface area contributed by atoms with Crippen LogP contribution in [0.3, 0.4) is 0 Å². The summed E-state index contributed by atoms with van der Waals surface area (Å²) in [4.78, 5) is 24.3. The van der Waals surface area contributed by atoms with Crippen LogP contribution < -0.4 is 21.3 Å². The lowest BCUT2D eigenvalue weighted by Crippen LogP contribution is -2.60. The van der Waals surface area contributed by atoms with E-state index in [2.05, 4.69) is 21.3 Å². The average molecular weight is 519 g/mol. The highest BCUT2D eigenvalue weighted by atomic mass is 35.5. The lowest BCUT2D eigenvalue weighted by molar-refractivity contribution is -0.126. The van der Waals surface area contributed by atoms with E-state index in [0.29, 0.717) is 40.0 Å². The Morgan fingerprint density at radius 2 is 1.80 bits per heavy atom. The standard InChI is InChI=1S/C25H31ClN4O4S/c1-16-14-22(17(2)13-19(16)26)35(33,34)25(24(32)29-20-5-3-4-6-21(20)30-25)15-23(31)28-12-9-18-7-10-27-11-8-18/h3-6,13-14,18,27,30H,7-12,15H2,1-2H3,(H,28,31)(H,29,32)/t25-/m0/s1. The van der Waals surface area contributed by atoms with Gasteiger partial charge in [0, 0.05) is 11.6 Å². The summed E-state index contributed by atoms with van der Waals surface area (Å²) in [5, 5.41) is 12.2. The molecule has 0 radical (unpaired) electrons. The van der Waals surface area contributed by atoms with Crippen LogP contribution in [0.1, 0.15) is 36.8 Å². The number of amides is 2. The third kappa shape index (κ3) is 5.03. The normalized spacial score (nSPS) is 20.5. The van der Waals surface area contributed by atoms with Crippen molar-refractivity contribution in [2.75, 3.05) is 30.3 Å². The second kappa shape index (κ2) is 10.2. The number of para-hydroxylation sites is 2. The lowest BCUT2D eigenvalue weighted by Gasteiger charge is -2.38. The van der Waals surface area contributed by atoms with E-state index >= 15 is 0 Å². The molecule has 0 saturated carbocycles. The molecule has 188 valence electrons. The van der Waals surface area contributed by atoms with Gasteiger partial charge in [-0.15, -0.1) is 0 Å². The van der Waals surface area contributed by atoms with E-state index in [9.17, 15) is 18.0 Å². The molecule has 0 spiro atoms. The highest BCUT2D eigenvalue weighted by Gasteiger charge is 2.55. The first kappa shape index (κ1) is 25.5. The summed E-state index contributed by atoms with van der Waals surface area (Å²) >= 11 is 6.20. The zero-order chi connectivity index (χ0) is 25.2. The minimum Gasteiger partial charge on any atom is -0.357 e. The van der Waals surface area contributed by atoms with E-state index in [0.717, 1.165) is 32.4 Å². The highest BCUT2D eigenvalue weighted by Crippen LogP contribution is 2.40. The summed E-state index contributed by atoms with van der Waals surface area (Å²) in [6.45, 7) is 5.67. The van der Waals surface area contributed by atoms with Crippen molar-refractivity contribution in [2.24, 2.45) is 5.92 Å². The van der Waals surface area contributed by atoms with Crippen molar-refractivity contribution < 1.29 is 18.0 Å². The quantitative estimate of drug-likeness (QED) is 0.446. The summed E-state index contributed by atoms with van der Waals surface area (Å²) in [5.74, 6) is -0.790. The van der Waals surface area contributed by atoms with Crippen molar-refractivity contribution in [1.29, 1.82) is 0 Å².